The molecule has 1 aromatic heterocycles. The molecule has 4 rings (SSSR count). The fraction of sp³-hybridized carbons (Fsp3) is 0.304. The standard InChI is InChI=1S/C23H26N6O3/c1-26-13-15-27(16-14-26)17-22(18-5-3-2-4-6-18)24-23(30)21-11-12-28(25-21)19-7-9-20(10-8-19)29(31)32/h2-12,22H,13-17H2,1H3,(H,24,30). The summed E-state index contributed by atoms with van der Waals surface area (Å²) in [6, 6.07) is 17.5. The minimum Gasteiger partial charge on any atom is -0.343 e. The summed E-state index contributed by atoms with van der Waals surface area (Å²) in [6.07, 6.45) is 1.67. The Morgan fingerprint density at radius 3 is 2.41 bits per heavy atom. The number of hydrogen-bond donors (Lipinski definition) is 1. The highest BCUT2D eigenvalue weighted by Crippen LogP contribution is 2.18. The van der Waals surface area contributed by atoms with Crippen LogP contribution in [0.3, 0.4) is 0 Å². The van der Waals surface area contributed by atoms with Gasteiger partial charge in [0.05, 0.1) is 16.7 Å². The maximum atomic E-state index is 13.0. The smallest absolute Gasteiger partial charge is 0.272 e. The van der Waals surface area contributed by atoms with Crippen LogP contribution in [0.4, 0.5) is 5.69 Å². The van der Waals surface area contributed by atoms with E-state index in [2.05, 4.69) is 27.3 Å². The van der Waals surface area contributed by atoms with E-state index in [1.807, 2.05) is 30.3 Å². The molecule has 0 radical (unpaired) electrons. The van der Waals surface area contributed by atoms with Gasteiger partial charge in [-0.1, -0.05) is 30.3 Å². The van der Waals surface area contributed by atoms with Crippen LogP contribution in [0, 0.1) is 10.1 Å². The first kappa shape index (κ1) is 21.7. The lowest BCUT2D eigenvalue weighted by atomic mass is 10.1. The molecule has 1 aliphatic rings. The maximum absolute atomic E-state index is 13.0. The van der Waals surface area contributed by atoms with Crippen molar-refractivity contribution in [2.45, 2.75) is 6.04 Å². The fourth-order valence-corrected chi connectivity index (χ4v) is 3.76. The average molecular weight is 435 g/mol. The second-order valence-corrected chi connectivity index (χ2v) is 7.96. The van der Waals surface area contributed by atoms with Gasteiger partial charge in [-0.15, -0.1) is 0 Å². The molecule has 1 fully saturated rings. The van der Waals surface area contributed by atoms with Gasteiger partial charge in [0.15, 0.2) is 5.69 Å². The Labute approximate surface area is 186 Å². The molecule has 32 heavy (non-hydrogen) atoms. The number of amides is 1. The van der Waals surface area contributed by atoms with Crippen molar-refractivity contribution in [2.75, 3.05) is 39.8 Å². The third-order valence-electron chi connectivity index (χ3n) is 5.69. The number of non-ortho nitro benzene ring substituents is 1. The molecule has 1 aliphatic heterocycles. The van der Waals surface area contributed by atoms with Crippen LogP contribution in [0.1, 0.15) is 22.1 Å². The Morgan fingerprint density at radius 2 is 1.75 bits per heavy atom. The number of likely N-dealkylation sites (N-methyl/N-ethyl adjacent to an activating group) is 1. The molecular formula is C23H26N6O3. The number of nitro groups is 1. The largest absolute Gasteiger partial charge is 0.343 e. The topological polar surface area (TPSA) is 96.5 Å². The van der Waals surface area contributed by atoms with E-state index in [0.717, 1.165) is 38.3 Å². The summed E-state index contributed by atoms with van der Waals surface area (Å²) in [5, 5.41) is 18.4. The number of nitrogens with one attached hydrogen (secondary N) is 1. The number of aromatic nitrogens is 2. The highest BCUT2D eigenvalue weighted by Gasteiger charge is 2.22. The summed E-state index contributed by atoms with van der Waals surface area (Å²) in [6.45, 7) is 4.67. The number of rotatable bonds is 7. The Balaban J connectivity index is 1.47. The van der Waals surface area contributed by atoms with Crippen LogP contribution in [-0.4, -0.2) is 70.2 Å². The van der Waals surface area contributed by atoms with E-state index in [-0.39, 0.29) is 17.6 Å². The van der Waals surface area contributed by atoms with Gasteiger partial charge in [0.25, 0.3) is 11.6 Å². The van der Waals surface area contributed by atoms with E-state index in [9.17, 15) is 14.9 Å². The lowest BCUT2D eigenvalue weighted by molar-refractivity contribution is -0.384. The molecule has 1 amide bonds. The Kier molecular flexibility index (Phi) is 6.58. The van der Waals surface area contributed by atoms with Crippen molar-refractivity contribution in [2.24, 2.45) is 0 Å². The Morgan fingerprint density at radius 1 is 1.06 bits per heavy atom. The van der Waals surface area contributed by atoms with Crippen LogP contribution < -0.4 is 5.32 Å². The molecule has 0 spiro atoms. The molecule has 0 aliphatic carbocycles. The van der Waals surface area contributed by atoms with Gasteiger partial charge in [0.2, 0.25) is 0 Å². The molecule has 166 valence electrons. The van der Waals surface area contributed by atoms with Gasteiger partial charge in [0.1, 0.15) is 0 Å². The van der Waals surface area contributed by atoms with Gasteiger partial charge in [-0.05, 0) is 30.8 Å². The Bertz CT molecular complexity index is 1060. The van der Waals surface area contributed by atoms with E-state index in [1.165, 1.54) is 16.8 Å². The van der Waals surface area contributed by atoms with E-state index in [0.29, 0.717) is 11.4 Å². The fourth-order valence-electron chi connectivity index (χ4n) is 3.76. The predicted octanol–water partition coefficient (Wildman–Crippen LogP) is 2.50. The average Bonchev–Trinajstić information content (AvgIpc) is 3.31. The van der Waals surface area contributed by atoms with E-state index < -0.39 is 4.92 Å². The summed E-state index contributed by atoms with van der Waals surface area (Å²) >= 11 is 0. The summed E-state index contributed by atoms with van der Waals surface area (Å²) in [5.41, 5.74) is 2.00. The summed E-state index contributed by atoms with van der Waals surface area (Å²) < 4.78 is 1.54. The third kappa shape index (κ3) is 5.19. The first-order valence-electron chi connectivity index (χ1n) is 10.6. The molecule has 9 heteroatoms. The molecule has 0 bridgehead atoms. The van der Waals surface area contributed by atoms with Crippen LogP contribution in [0.5, 0.6) is 0 Å². The zero-order valence-corrected chi connectivity index (χ0v) is 17.9. The van der Waals surface area contributed by atoms with Crippen molar-refractivity contribution in [3.8, 4) is 5.69 Å². The number of carbonyl (C=O) groups is 1. The first-order valence-corrected chi connectivity index (χ1v) is 10.6. The van der Waals surface area contributed by atoms with E-state index >= 15 is 0 Å². The quantitative estimate of drug-likeness (QED) is 0.453. The van der Waals surface area contributed by atoms with Crippen LogP contribution in [-0.2, 0) is 0 Å². The van der Waals surface area contributed by atoms with Crippen molar-refractivity contribution < 1.29 is 9.72 Å². The SMILES string of the molecule is CN1CCN(CC(NC(=O)c2ccn(-c3ccc([N+](=O)[O-])cc3)n2)c2ccccc2)CC1. The third-order valence-corrected chi connectivity index (χ3v) is 5.69. The van der Waals surface area contributed by atoms with Gasteiger partial charge in [-0.2, -0.15) is 5.10 Å². The van der Waals surface area contributed by atoms with Gasteiger partial charge in [-0.3, -0.25) is 19.8 Å². The van der Waals surface area contributed by atoms with Gasteiger partial charge in [-0.25, -0.2) is 4.68 Å². The highest BCUT2D eigenvalue weighted by molar-refractivity contribution is 5.92. The Hall–Kier alpha value is -3.56. The lowest BCUT2D eigenvalue weighted by Gasteiger charge is -2.35. The number of nitrogens with zero attached hydrogens (tertiary/aromatic N) is 5. The molecule has 2 heterocycles. The second-order valence-electron chi connectivity index (χ2n) is 7.96. The number of hydrogen-bond acceptors (Lipinski definition) is 6. The molecule has 1 N–H and O–H groups in total. The summed E-state index contributed by atoms with van der Waals surface area (Å²) in [4.78, 5) is 28.1. The van der Waals surface area contributed by atoms with Gasteiger partial charge in [0, 0.05) is 51.1 Å². The molecule has 2 aromatic carbocycles. The minimum absolute atomic E-state index is 0.00785. The summed E-state index contributed by atoms with van der Waals surface area (Å²) in [7, 11) is 2.12. The molecule has 9 nitrogen and oxygen atoms in total. The second kappa shape index (κ2) is 9.71. The van der Waals surface area contributed by atoms with E-state index in [1.54, 1.807) is 24.4 Å². The molecule has 0 saturated carbocycles. The molecule has 1 unspecified atom stereocenters. The number of nitro benzene ring substituents is 1. The van der Waals surface area contributed by atoms with Crippen molar-refractivity contribution in [1.29, 1.82) is 0 Å². The van der Waals surface area contributed by atoms with Crippen LogP contribution >= 0.6 is 0 Å². The zero-order valence-electron chi connectivity index (χ0n) is 17.9. The number of benzene rings is 2. The van der Waals surface area contributed by atoms with Gasteiger partial charge < -0.3 is 10.2 Å². The van der Waals surface area contributed by atoms with Crippen LogP contribution in [0.2, 0.25) is 0 Å². The number of piperazine rings is 1. The summed E-state index contributed by atoms with van der Waals surface area (Å²) in [5.74, 6) is -0.256. The minimum atomic E-state index is -0.449. The van der Waals surface area contributed by atoms with Crippen molar-refractivity contribution in [3.05, 3.63) is 88.2 Å². The maximum Gasteiger partial charge on any atom is 0.272 e. The first-order chi connectivity index (χ1) is 15.5. The molecular weight excluding hydrogens is 408 g/mol. The predicted molar refractivity (Wildman–Crippen MR) is 121 cm³/mol. The molecule has 3 aromatic rings. The van der Waals surface area contributed by atoms with Crippen LogP contribution in [0.25, 0.3) is 5.69 Å². The van der Waals surface area contributed by atoms with Gasteiger partial charge >= 0.3 is 0 Å². The van der Waals surface area contributed by atoms with E-state index in [4.69, 9.17) is 0 Å². The van der Waals surface area contributed by atoms with Crippen LogP contribution in [0.15, 0.2) is 66.9 Å². The van der Waals surface area contributed by atoms with Crippen molar-refractivity contribution in [1.82, 2.24) is 24.9 Å². The highest BCUT2D eigenvalue weighted by atomic mass is 16.6. The molecule has 1 saturated heterocycles. The molecule has 1 atom stereocenters. The number of carbonyl (C=O) groups excluding carboxylic acids is 1. The monoisotopic (exact) mass is 434 g/mol. The lowest BCUT2D eigenvalue weighted by Crippen LogP contribution is -2.47. The normalized spacial score (nSPS) is 15.9. The van der Waals surface area contributed by atoms with Crippen molar-refractivity contribution >= 4 is 11.6 Å². The zero-order chi connectivity index (χ0) is 22.5. The van der Waals surface area contributed by atoms with Crippen molar-refractivity contribution in [3.63, 3.8) is 0 Å².